The highest BCUT2D eigenvalue weighted by Crippen LogP contribution is 2.35. The summed E-state index contributed by atoms with van der Waals surface area (Å²) >= 11 is 12.5. The third kappa shape index (κ3) is 5.76. The molecule has 0 spiro atoms. The maximum absolute atomic E-state index is 11.4. The van der Waals surface area contributed by atoms with Gasteiger partial charge in [0.15, 0.2) is 5.75 Å². The lowest BCUT2D eigenvalue weighted by Gasteiger charge is -2.13. The van der Waals surface area contributed by atoms with E-state index in [2.05, 4.69) is 9.73 Å². The van der Waals surface area contributed by atoms with Crippen molar-refractivity contribution in [2.24, 2.45) is 10.7 Å². The summed E-state index contributed by atoms with van der Waals surface area (Å²) in [4.78, 5) is 15.1. The summed E-state index contributed by atoms with van der Waals surface area (Å²) in [6.45, 7) is 1.97. The van der Waals surface area contributed by atoms with Crippen LogP contribution in [0.3, 0.4) is 0 Å². The lowest BCUT2D eigenvalue weighted by Crippen LogP contribution is -2.25. The van der Waals surface area contributed by atoms with E-state index in [1.165, 1.54) is 12.1 Å². The lowest BCUT2D eigenvalue weighted by molar-refractivity contribution is -0.152. The molecule has 7 nitrogen and oxygen atoms in total. The highest BCUT2D eigenvalue weighted by molar-refractivity contribution is 6.37. The van der Waals surface area contributed by atoms with E-state index in [1.54, 1.807) is 14.0 Å². The molecule has 0 aromatic heterocycles. The number of nitrogens with two attached hydrogens (primary N) is 1. The summed E-state index contributed by atoms with van der Waals surface area (Å²) < 4.78 is 15.5. The number of carbonyl (C=O) groups is 1. The molecule has 0 fully saturated rings. The van der Waals surface area contributed by atoms with Crippen LogP contribution < -0.4 is 15.2 Å². The number of hydrogen-bond acceptors (Lipinski definition) is 6. The molecule has 0 amide bonds. The van der Waals surface area contributed by atoms with Crippen LogP contribution in [0.5, 0.6) is 11.5 Å². The van der Waals surface area contributed by atoms with E-state index in [-0.39, 0.29) is 34.8 Å². The third-order valence-corrected chi connectivity index (χ3v) is 4.16. The zero-order chi connectivity index (χ0) is 20.7. The van der Waals surface area contributed by atoms with Crippen molar-refractivity contribution >= 4 is 35.0 Å². The zero-order valence-corrected chi connectivity index (χ0v) is 16.8. The first-order valence-electron chi connectivity index (χ1n) is 8.28. The Morgan fingerprint density at radius 1 is 1.21 bits per heavy atom. The number of esters is 1. The number of benzene rings is 2. The largest absolute Gasteiger partial charge is 0.497 e. The topological polar surface area (TPSA) is 103 Å². The summed E-state index contributed by atoms with van der Waals surface area (Å²) in [6.07, 6.45) is -1.73. The van der Waals surface area contributed by atoms with Crippen molar-refractivity contribution in [3.8, 4) is 11.5 Å². The van der Waals surface area contributed by atoms with Crippen LogP contribution in [0, 0.1) is 0 Å². The SMILES string of the molecule is CCOC(=O)C(O)/N=C(\N)c1cc(Cl)c(OCc2ccc(OC)cc2)c(Cl)c1. The Balaban J connectivity index is 2.13. The van der Waals surface area contributed by atoms with Crippen LogP contribution in [0.15, 0.2) is 41.4 Å². The van der Waals surface area contributed by atoms with Gasteiger partial charge in [0.05, 0.1) is 23.8 Å². The number of carbonyl (C=O) groups excluding carboxylic acids is 1. The Bertz CT molecular complexity index is 833. The van der Waals surface area contributed by atoms with E-state index in [0.717, 1.165) is 11.3 Å². The maximum Gasteiger partial charge on any atom is 0.358 e. The fraction of sp³-hybridized carbons (Fsp3) is 0.263. The van der Waals surface area contributed by atoms with Gasteiger partial charge in [-0.15, -0.1) is 0 Å². The molecule has 2 aromatic rings. The molecule has 0 heterocycles. The highest BCUT2D eigenvalue weighted by atomic mass is 35.5. The monoisotopic (exact) mass is 426 g/mol. The molecule has 9 heteroatoms. The first-order chi connectivity index (χ1) is 13.3. The third-order valence-electron chi connectivity index (χ3n) is 3.60. The van der Waals surface area contributed by atoms with Crippen molar-refractivity contribution in [2.45, 2.75) is 19.8 Å². The number of hydrogen-bond donors (Lipinski definition) is 2. The van der Waals surface area contributed by atoms with E-state index >= 15 is 0 Å². The van der Waals surface area contributed by atoms with Gasteiger partial charge in [-0.1, -0.05) is 35.3 Å². The molecule has 2 rings (SSSR count). The van der Waals surface area contributed by atoms with Crippen LogP contribution in [0.4, 0.5) is 0 Å². The number of aliphatic imine (C=N–C) groups is 1. The smallest absolute Gasteiger partial charge is 0.358 e. The number of methoxy groups -OCH3 is 1. The first kappa shape index (κ1) is 21.8. The summed E-state index contributed by atoms with van der Waals surface area (Å²) in [5, 5.41) is 10.1. The second-order valence-electron chi connectivity index (χ2n) is 5.55. The lowest BCUT2D eigenvalue weighted by atomic mass is 10.2. The predicted molar refractivity (Wildman–Crippen MR) is 107 cm³/mol. The van der Waals surface area contributed by atoms with Crippen molar-refractivity contribution in [3.05, 3.63) is 57.6 Å². The van der Waals surface area contributed by atoms with Gasteiger partial charge in [-0.3, -0.25) is 0 Å². The van der Waals surface area contributed by atoms with Crippen LogP contribution in [-0.4, -0.2) is 36.9 Å². The van der Waals surface area contributed by atoms with E-state index < -0.39 is 12.2 Å². The minimum atomic E-state index is -1.73. The van der Waals surface area contributed by atoms with Gasteiger partial charge < -0.3 is 25.1 Å². The van der Waals surface area contributed by atoms with Gasteiger partial charge in [-0.05, 0) is 36.8 Å². The Kier molecular flexibility index (Phi) is 7.92. The minimum Gasteiger partial charge on any atom is -0.497 e. The Labute approximate surface area is 172 Å². The average Bonchev–Trinajstić information content (AvgIpc) is 2.67. The number of aliphatic hydroxyl groups is 1. The average molecular weight is 427 g/mol. The highest BCUT2D eigenvalue weighted by Gasteiger charge is 2.17. The fourth-order valence-electron chi connectivity index (χ4n) is 2.20. The molecule has 28 heavy (non-hydrogen) atoms. The Morgan fingerprint density at radius 2 is 1.82 bits per heavy atom. The summed E-state index contributed by atoms with van der Waals surface area (Å²) in [5.74, 6) is -0.00118. The molecule has 1 unspecified atom stereocenters. The quantitative estimate of drug-likeness (QED) is 0.381. The molecule has 0 aliphatic rings. The zero-order valence-electron chi connectivity index (χ0n) is 15.3. The molecular formula is C19H20Cl2N2O5. The molecule has 2 aromatic carbocycles. The number of rotatable bonds is 8. The molecule has 0 aliphatic heterocycles. The number of ether oxygens (including phenoxy) is 3. The Hall–Kier alpha value is -2.48. The van der Waals surface area contributed by atoms with E-state index in [4.69, 9.17) is 38.4 Å². The second-order valence-corrected chi connectivity index (χ2v) is 6.36. The van der Waals surface area contributed by atoms with Crippen LogP contribution >= 0.6 is 23.2 Å². The van der Waals surface area contributed by atoms with Crippen molar-refractivity contribution < 1.29 is 24.1 Å². The molecule has 0 saturated heterocycles. The van der Waals surface area contributed by atoms with Crippen molar-refractivity contribution in [1.29, 1.82) is 0 Å². The van der Waals surface area contributed by atoms with Gasteiger partial charge in [0.1, 0.15) is 18.2 Å². The van der Waals surface area contributed by atoms with E-state index in [9.17, 15) is 9.90 Å². The molecule has 0 bridgehead atoms. The summed E-state index contributed by atoms with van der Waals surface area (Å²) in [7, 11) is 1.59. The predicted octanol–water partition coefficient (Wildman–Crippen LogP) is 3.17. The van der Waals surface area contributed by atoms with Gasteiger partial charge in [-0.2, -0.15) is 0 Å². The second kappa shape index (κ2) is 10.2. The minimum absolute atomic E-state index is 0.114. The number of nitrogens with zero attached hydrogens (tertiary/aromatic N) is 1. The van der Waals surface area contributed by atoms with Crippen LogP contribution in [0.2, 0.25) is 10.0 Å². The molecule has 0 radical (unpaired) electrons. The van der Waals surface area contributed by atoms with Crippen molar-refractivity contribution in [3.63, 3.8) is 0 Å². The molecular weight excluding hydrogens is 407 g/mol. The summed E-state index contributed by atoms with van der Waals surface area (Å²) in [5.41, 5.74) is 7.05. The molecule has 3 N–H and O–H groups in total. The van der Waals surface area contributed by atoms with E-state index in [1.807, 2.05) is 24.3 Å². The van der Waals surface area contributed by atoms with Gasteiger partial charge in [-0.25, -0.2) is 9.79 Å². The summed E-state index contributed by atoms with van der Waals surface area (Å²) in [6, 6.07) is 10.3. The van der Waals surface area contributed by atoms with E-state index in [0.29, 0.717) is 5.56 Å². The van der Waals surface area contributed by atoms with Gasteiger partial charge in [0, 0.05) is 5.56 Å². The molecule has 0 aliphatic carbocycles. The Morgan fingerprint density at radius 3 is 2.36 bits per heavy atom. The number of halogens is 2. The maximum atomic E-state index is 11.4. The van der Waals surface area contributed by atoms with Gasteiger partial charge >= 0.3 is 5.97 Å². The molecule has 0 saturated carbocycles. The van der Waals surface area contributed by atoms with Gasteiger partial charge in [0.25, 0.3) is 0 Å². The van der Waals surface area contributed by atoms with Gasteiger partial charge in [0.2, 0.25) is 6.23 Å². The van der Waals surface area contributed by atoms with Crippen molar-refractivity contribution in [1.82, 2.24) is 0 Å². The first-order valence-corrected chi connectivity index (χ1v) is 9.04. The van der Waals surface area contributed by atoms with Crippen LogP contribution in [0.25, 0.3) is 0 Å². The molecule has 1 atom stereocenters. The number of amidine groups is 1. The number of aliphatic hydroxyl groups excluding tert-OH is 1. The van der Waals surface area contributed by atoms with Crippen molar-refractivity contribution in [2.75, 3.05) is 13.7 Å². The normalized spacial score (nSPS) is 12.4. The fourth-order valence-corrected chi connectivity index (χ4v) is 2.79. The standard InChI is InChI=1S/C19H20Cl2N2O5/c1-3-27-19(25)18(24)23-17(22)12-8-14(20)16(15(21)9-12)28-10-11-4-6-13(26-2)7-5-11/h4-9,18,24H,3,10H2,1-2H3,(H2,22,23). The van der Waals surface area contributed by atoms with Crippen LogP contribution in [-0.2, 0) is 16.1 Å². The van der Waals surface area contributed by atoms with Crippen LogP contribution in [0.1, 0.15) is 18.1 Å². The molecule has 150 valence electrons.